The lowest BCUT2D eigenvalue weighted by molar-refractivity contribution is -0.129. The minimum atomic E-state index is -0.339. The van der Waals surface area contributed by atoms with Crippen molar-refractivity contribution in [1.82, 2.24) is 9.80 Å². The highest BCUT2D eigenvalue weighted by Gasteiger charge is 2.34. The molecule has 2 amide bonds. The number of likely N-dealkylation sites (tertiary alicyclic amines) is 2. The van der Waals surface area contributed by atoms with Gasteiger partial charge >= 0.3 is 0 Å². The van der Waals surface area contributed by atoms with Crippen LogP contribution in [0.4, 0.5) is 0 Å². The summed E-state index contributed by atoms with van der Waals surface area (Å²) in [4.78, 5) is 27.3. The van der Waals surface area contributed by atoms with E-state index in [-0.39, 0.29) is 17.7 Å². The maximum absolute atomic E-state index is 11.8. The minimum absolute atomic E-state index is 0.0970. The molecule has 0 bridgehead atoms. The molecule has 19 heavy (non-hydrogen) atoms. The smallest absolute Gasteiger partial charge is 0.223 e. The summed E-state index contributed by atoms with van der Waals surface area (Å²) in [6.07, 6.45) is 3.83. The van der Waals surface area contributed by atoms with Crippen molar-refractivity contribution in [1.29, 1.82) is 0 Å². The Kier molecular flexibility index (Phi) is 4.80. The van der Waals surface area contributed by atoms with Gasteiger partial charge in [0.2, 0.25) is 11.8 Å². The maximum Gasteiger partial charge on any atom is 0.223 e. The Bertz CT molecular complexity index is 338. The van der Waals surface area contributed by atoms with Crippen molar-refractivity contribution >= 4 is 11.8 Å². The lowest BCUT2D eigenvalue weighted by Gasteiger charge is -2.33. The maximum atomic E-state index is 11.8. The number of hydrogen-bond donors (Lipinski definition) is 1. The molecule has 2 fully saturated rings. The molecule has 1 unspecified atom stereocenters. The highest BCUT2D eigenvalue weighted by molar-refractivity contribution is 5.88. The Labute approximate surface area is 115 Å². The molecule has 1 atom stereocenters. The van der Waals surface area contributed by atoms with Crippen molar-refractivity contribution in [3.05, 3.63) is 0 Å². The second-order valence-electron chi connectivity index (χ2n) is 5.89. The Morgan fingerprint density at radius 3 is 2.58 bits per heavy atom. The third-order valence-electron chi connectivity index (χ3n) is 4.34. The molecule has 0 radical (unpaired) electrons. The van der Waals surface area contributed by atoms with Crippen LogP contribution in [-0.2, 0) is 9.59 Å². The summed E-state index contributed by atoms with van der Waals surface area (Å²) in [5.74, 6) is 0.0739. The van der Waals surface area contributed by atoms with Crippen molar-refractivity contribution < 1.29 is 9.59 Å². The topological polar surface area (TPSA) is 66.6 Å². The van der Waals surface area contributed by atoms with Gasteiger partial charge in [0.15, 0.2) is 0 Å². The zero-order valence-electron chi connectivity index (χ0n) is 11.8. The van der Waals surface area contributed by atoms with Gasteiger partial charge in [0.05, 0.1) is 5.92 Å². The number of piperidine rings is 1. The van der Waals surface area contributed by atoms with Crippen molar-refractivity contribution in [2.75, 3.05) is 32.7 Å². The first-order chi connectivity index (χ1) is 9.10. The van der Waals surface area contributed by atoms with Gasteiger partial charge in [-0.2, -0.15) is 0 Å². The highest BCUT2D eigenvalue weighted by Crippen LogP contribution is 2.23. The van der Waals surface area contributed by atoms with Crippen LogP contribution < -0.4 is 5.73 Å². The molecule has 5 heteroatoms. The predicted octanol–water partition coefficient (Wildman–Crippen LogP) is 0.442. The molecular formula is C14H25N3O2. The number of carbonyl (C=O) groups excluding carboxylic acids is 2. The summed E-state index contributed by atoms with van der Waals surface area (Å²) in [6.45, 7) is 7.00. The monoisotopic (exact) mass is 267 g/mol. The average Bonchev–Trinajstić information content (AvgIpc) is 2.74. The Morgan fingerprint density at radius 2 is 2.05 bits per heavy atom. The van der Waals surface area contributed by atoms with Gasteiger partial charge in [-0.25, -0.2) is 0 Å². The molecule has 0 aromatic carbocycles. The summed E-state index contributed by atoms with van der Waals surface area (Å²) in [7, 11) is 0. The number of nitrogens with two attached hydrogens (primary N) is 1. The molecule has 2 aliphatic heterocycles. The fourth-order valence-corrected chi connectivity index (χ4v) is 3.16. The summed E-state index contributed by atoms with van der Waals surface area (Å²) in [5.41, 5.74) is 5.28. The first-order valence-corrected chi connectivity index (χ1v) is 7.39. The Hall–Kier alpha value is -1.10. The van der Waals surface area contributed by atoms with E-state index in [0.717, 1.165) is 32.5 Å². The van der Waals surface area contributed by atoms with Crippen LogP contribution >= 0.6 is 0 Å². The van der Waals surface area contributed by atoms with Crippen LogP contribution in [0.1, 0.15) is 32.6 Å². The first-order valence-electron chi connectivity index (χ1n) is 7.39. The fraction of sp³-hybridized carbons (Fsp3) is 0.857. The second-order valence-corrected chi connectivity index (χ2v) is 5.89. The van der Waals surface area contributed by atoms with E-state index in [9.17, 15) is 9.59 Å². The van der Waals surface area contributed by atoms with Gasteiger partial charge in [0.1, 0.15) is 0 Å². The molecular weight excluding hydrogens is 242 g/mol. The van der Waals surface area contributed by atoms with Crippen molar-refractivity contribution in [2.45, 2.75) is 32.6 Å². The van der Waals surface area contributed by atoms with Crippen LogP contribution in [0.2, 0.25) is 0 Å². The largest absolute Gasteiger partial charge is 0.369 e. The van der Waals surface area contributed by atoms with Crippen molar-refractivity contribution in [3.63, 3.8) is 0 Å². The van der Waals surface area contributed by atoms with Crippen molar-refractivity contribution in [3.8, 4) is 0 Å². The first kappa shape index (κ1) is 14.3. The van der Waals surface area contributed by atoms with Gasteiger partial charge in [-0.15, -0.1) is 0 Å². The van der Waals surface area contributed by atoms with Crippen LogP contribution in [-0.4, -0.2) is 54.3 Å². The summed E-state index contributed by atoms with van der Waals surface area (Å²) < 4.78 is 0. The molecule has 0 saturated carbocycles. The van der Waals surface area contributed by atoms with Crippen LogP contribution in [0.5, 0.6) is 0 Å². The van der Waals surface area contributed by atoms with E-state index in [2.05, 4.69) is 11.8 Å². The molecule has 2 saturated heterocycles. The molecule has 108 valence electrons. The third kappa shape index (κ3) is 3.69. The summed E-state index contributed by atoms with van der Waals surface area (Å²) >= 11 is 0. The lowest BCUT2D eigenvalue weighted by atomic mass is 9.96. The molecule has 0 aromatic heterocycles. The Balaban J connectivity index is 1.77. The minimum Gasteiger partial charge on any atom is -0.369 e. The van der Waals surface area contributed by atoms with Crippen LogP contribution in [0.15, 0.2) is 0 Å². The summed E-state index contributed by atoms with van der Waals surface area (Å²) in [5, 5.41) is 0. The van der Waals surface area contributed by atoms with E-state index in [4.69, 9.17) is 5.73 Å². The van der Waals surface area contributed by atoms with E-state index < -0.39 is 0 Å². The molecule has 0 aromatic rings. The van der Waals surface area contributed by atoms with Crippen molar-refractivity contribution in [2.24, 2.45) is 17.6 Å². The molecule has 0 spiro atoms. The summed E-state index contributed by atoms with van der Waals surface area (Å²) in [6, 6.07) is 0. The van der Waals surface area contributed by atoms with Gasteiger partial charge in [0, 0.05) is 19.5 Å². The third-order valence-corrected chi connectivity index (χ3v) is 4.34. The van der Waals surface area contributed by atoms with Crippen LogP contribution in [0.25, 0.3) is 0 Å². The normalized spacial score (nSPS) is 26.1. The molecule has 2 aliphatic rings. The van der Waals surface area contributed by atoms with Gasteiger partial charge in [-0.05, 0) is 44.8 Å². The van der Waals surface area contributed by atoms with Crippen LogP contribution in [0.3, 0.4) is 0 Å². The molecule has 2 rings (SSSR count). The number of rotatable bonds is 5. The van der Waals surface area contributed by atoms with Gasteiger partial charge < -0.3 is 15.5 Å². The van der Waals surface area contributed by atoms with E-state index in [0.29, 0.717) is 18.9 Å². The van der Waals surface area contributed by atoms with E-state index in [1.807, 2.05) is 4.90 Å². The van der Waals surface area contributed by atoms with E-state index >= 15 is 0 Å². The number of carbonyl (C=O) groups is 2. The molecule has 0 aliphatic carbocycles. The predicted molar refractivity (Wildman–Crippen MR) is 73.3 cm³/mol. The zero-order valence-corrected chi connectivity index (χ0v) is 11.8. The quantitative estimate of drug-likeness (QED) is 0.786. The second kappa shape index (κ2) is 6.37. The van der Waals surface area contributed by atoms with E-state index in [1.165, 1.54) is 13.0 Å². The average molecular weight is 267 g/mol. The van der Waals surface area contributed by atoms with Gasteiger partial charge in [-0.3, -0.25) is 9.59 Å². The highest BCUT2D eigenvalue weighted by atomic mass is 16.2. The SMILES string of the molecule is CCCN1CCC(CN2CC(C(N)=O)CC2=O)CC1. The number of primary amides is 1. The molecule has 2 N–H and O–H groups in total. The van der Waals surface area contributed by atoms with Gasteiger partial charge in [0.25, 0.3) is 0 Å². The standard InChI is InChI=1S/C14H25N3O2/c1-2-5-16-6-3-11(4-7-16)9-17-10-12(14(15)19)8-13(17)18/h11-12H,2-10H2,1H3,(H2,15,19). The number of nitrogens with zero attached hydrogens (tertiary/aromatic N) is 2. The number of hydrogen-bond acceptors (Lipinski definition) is 3. The molecule has 2 heterocycles. The van der Waals surface area contributed by atoms with Gasteiger partial charge in [-0.1, -0.05) is 6.92 Å². The zero-order chi connectivity index (χ0) is 13.8. The fourth-order valence-electron chi connectivity index (χ4n) is 3.16. The lowest BCUT2D eigenvalue weighted by Crippen LogP contribution is -2.39. The number of amides is 2. The van der Waals surface area contributed by atoms with Crippen LogP contribution in [0, 0.1) is 11.8 Å². The molecule has 5 nitrogen and oxygen atoms in total. The van der Waals surface area contributed by atoms with E-state index in [1.54, 1.807) is 0 Å². The Morgan fingerprint density at radius 1 is 1.37 bits per heavy atom.